The highest BCUT2D eigenvalue weighted by Gasteiger charge is 2.39. The molecule has 0 bridgehead atoms. The summed E-state index contributed by atoms with van der Waals surface area (Å²) in [6, 6.07) is 3.65. The average molecular weight is 334 g/mol. The molecule has 2 aliphatic rings. The van der Waals surface area contributed by atoms with Crippen LogP contribution in [0, 0.1) is 5.41 Å². The zero-order valence-corrected chi connectivity index (χ0v) is 13.7. The van der Waals surface area contributed by atoms with Crippen molar-refractivity contribution in [3.05, 3.63) is 28.9 Å². The van der Waals surface area contributed by atoms with Gasteiger partial charge in [0.15, 0.2) is 0 Å². The van der Waals surface area contributed by atoms with Gasteiger partial charge in [0.2, 0.25) is 0 Å². The van der Waals surface area contributed by atoms with E-state index in [0.29, 0.717) is 29.3 Å². The molecule has 1 N–H and O–H groups in total. The fraction of sp³-hybridized carbons (Fsp3) is 0.529. The van der Waals surface area contributed by atoms with Crippen molar-refractivity contribution in [2.24, 2.45) is 5.41 Å². The minimum absolute atomic E-state index is 0.0263. The maximum atomic E-state index is 13.2. The van der Waals surface area contributed by atoms with Gasteiger partial charge in [-0.15, -0.1) is 0 Å². The van der Waals surface area contributed by atoms with Crippen molar-refractivity contribution in [1.29, 1.82) is 0 Å². The van der Waals surface area contributed by atoms with Gasteiger partial charge >= 0.3 is 0 Å². The molecule has 1 aromatic carbocycles. The molecule has 5 nitrogen and oxygen atoms in total. The van der Waals surface area contributed by atoms with Crippen molar-refractivity contribution in [3.63, 3.8) is 0 Å². The molecule has 1 amide bonds. The minimum Gasteiger partial charge on any atom is -0.379 e. The van der Waals surface area contributed by atoms with Crippen LogP contribution in [0.15, 0.2) is 18.3 Å². The van der Waals surface area contributed by atoms with E-state index in [1.54, 1.807) is 12.3 Å². The van der Waals surface area contributed by atoms with Crippen LogP contribution in [0.25, 0.3) is 10.9 Å². The molecule has 1 spiro atoms. The highest BCUT2D eigenvalue weighted by molar-refractivity contribution is 6.35. The van der Waals surface area contributed by atoms with Crippen LogP contribution >= 0.6 is 11.6 Å². The quantitative estimate of drug-likeness (QED) is 0.871. The van der Waals surface area contributed by atoms with E-state index in [1.165, 1.54) is 12.8 Å². The smallest absolute Gasteiger partial charge is 0.257 e. The van der Waals surface area contributed by atoms with E-state index in [2.05, 4.69) is 10.2 Å². The number of hydrogen-bond acceptors (Lipinski definition) is 3. The Hall–Kier alpha value is -1.59. The first-order valence-corrected chi connectivity index (χ1v) is 8.55. The summed E-state index contributed by atoms with van der Waals surface area (Å²) >= 11 is 6.34. The Labute approximate surface area is 139 Å². The maximum Gasteiger partial charge on any atom is 0.257 e. The van der Waals surface area contributed by atoms with Crippen molar-refractivity contribution in [2.45, 2.75) is 25.7 Å². The van der Waals surface area contributed by atoms with Gasteiger partial charge in [0.25, 0.3) is 5.91 Å². The van der Waals surface area contributed by atoms with Gasteiger partial charge in [0.05, 0.1) is 35.5 Å². The number of ether oxygens (including phenoxy) is 1. The number of benzene rings is 1. The Balaban J connectivity index is 1.69. The number of nitrogens with one attached hydrogen (secondary N) is 1. The van der Waals surface area contributed by atoms with E-state index >= 15 is 0 Å². The fourth-order valence-corrected chi connectivity index (χ4v) is 4.19. The van der Waals surface area contributed by atoms with Crippen LogP contribution in [-0.2, 0) is 4.74 Å². The lowest BCUT2D eigenvalue weighted by molar-refractivity contribution is 0.0646. The van der Waals surface area contributed by atoms with Gasteiger partial charge < -0.3 is 9.64 Å². The minimum atomic E-state index is -0.0263. The lowest BCUT2D eigenvalue weighted by Gasteiger charge is -2.31. The topological polar surface area (TPSA) is 58.2 Å². The Morgan fingerprint density at radius 2 is 2.17 bits per heavy atom. The molecule has 1 aliphatic carbocycles. The van der Waals surface area contributed by atoms with Gasteiger partial charge in [-0.2, -0.15) is 5.10 Å². The van der Waals surface area contributed by atoms with Crippen LogP contribution in [0.3, 0.4) is 0 Å². The molecule has 4 rings (SSSR count). The molecule has 1 saturated carbocycles. The number of aromatic nitrogens is 2. The molecular weight excluding hydrogens is 314 g/mol. The van der Waals surface area contributed by atoms with E-state index in [0.717, 1.165) is 31.4 Å². The van der Waals surface area contributed by atoms with Crippen LogP contribution in [0.5, 0.6) is 0 Å². The maximum absolute atomic E-state index is 13.2. The molecule has 0 atom stereocenters. The summed E-state index contributed by atoms with van der Waals surface area (Å²) in [4.78, 5) is 15.1. The Bertz CT molecular complexity index is 737. The molecule has 0 unspecified atom stereocenters. The van der Waals surface area contributed by atoms with E-state index < -0.39 is 0 Å². The van der Waals surface area contributed by atoms with Gasteiger partial charge in [0.1, 0.15) is 0 Å². The van der Waals surface area contributed by atoms with Crippen molar-refractivity contribution in [1.82, 2.24) is 15.1 Å². The molecule has 2 heterocycles. The molecule has 0 radical (unpaired) electrons. The normalized spacial score (nSPS) is 21.0. The molecule has 6 heteroatoms. The summed E-state index contributed by atoms with van der Waals surface area (Å²) in [6.07, 6.45) is 6.44. The lowest BCUT2D eigenvalue weighted by atomic mass is 9.86. The predicted molar refractivity (Wildman–Crippen MR) is 88.7 cm³/mol. The number of fused-ring (bicyclic) bond motifs is 1. The standard InChI is InChI=1S/C17H20ClN3O2/c18-13-4-3-12-9-19-20-15(12)14(13)16(22)21-7-8-23-11-17(10-21)5-1-2-6-17/h3-4,9H,1-2,5-8,10-11H2,(H,19,20). The SMILES string of the molecule is O=C(c1c(Cl)ccc2cn[nH]c12)N1CCOCC2(CCCC2)C1. The second-order valence-electron chi connectivity index (χ2n) is 6.74. The number of halogens is 1. The number of carbonyl (C=O) groups is 1. The number of amides is 1. The van der Waals surface area contributed by atoms with Crippen molar-refractivity contribution in [3.8, 4) is 0 Å². The van der Waals surface area contributed by atoms with Crippen molar-refractivity contribution in [2.75, 3.05) is 26.3 Å². The van der Waals surface area contributed by atoms with Crippen molar-refractivity contribution >= 4 is 28.4 Å². The summed E-state index contributed by atoms with van der Waals surface area (Å²) in [5.41, 5.74) is 1.37. The number of nitrogens with zero attached hydrogens (tertiary/aromatic N) is 2. The first-order valence-electron chi connectivity index (χ1n) is 8.17. The molecular formula is C17H20ClN3O2. The fourth-order valence-electron chi connectivity index (χ4n) is 3.95. The Morgan fingerprint density at radius 3 is 3.00 bits per heavy atom. The molecule has 1 saturated heterocycles. The third-order valence-corrected chi connectivity index (χ3v) is 5.49. The van der Waals surface area contributed by atoms with Crippen molar-refractivity contribution < 1.29 is 9.53 Å². The monoisotopic (exact) mass is 333 g/mol. The Morgan fingerprint density at radius 1 is 1.35 bits per heavy atom. The van der Waals surface area contributed by atoms with E-state index in [4.69, 9.17) is 16.3 Å². The zero-order chi connectivity index (χ0) is 15.9. The second kappa shape index (κ2) is 5.80. The van der Waals surface area contributed by atoms with Gasteiger partial charge in [-0.05, 0) is 25.0 Å². The summed E-state index contributed by atoms with van der Waals surface area (Å²) in [6.45, 7) is 2.72. The molecule has 2 aromatic rings. The summed E-state index contributed by atoms with van der Waals surface area (Å²) in [5, 5.41) is 8.33. The largest absolute Gasteiger partial charge is 0.379 e. The number of carbonyl (C=O) groups excluding carboxylic acids is 1. The molecule has 1 aliphatic heterocycles. The van der Waals surface area contributed by atoms with Crippen LogP contribution in [0.1, 0.15) is 36.0 Å². The van der Waals surface area contributed by atoms with Crippen LogP contribution < -0.4 is 0 Å². The molecule has 23 heavy (non-hydrogen) atoms. The van der Waals surface area contributed by atoms with Gasteiger partial charge in [0, 0.05) is 23.9 Å². The molecule has 1 aromatic heterocycles. The van der Waals surface area contributed by atoms with E-state index in [1.807, 2.05) is 11.0 Å². The number of hydrogen-bond donors (Lipinski definition) is 1. The molecule has 2 fully saturated rings. The van der Waals surface area contributed by atoms with E-state index in [-0.39, 0.29) is 11.3 Å². The predicted octanol–water partition coefficient (Wildman–Crippen LogP) is 3.25. The number of H-pyrrole nitrogens is 1. The third kappa shape index (κ3) is 2.62. The first-order chi connectivity index (χ1) is 11.2. The number of rotatable bonds is 1. The summed E-state index contributed by atoms with van der Waals surface area (Å²) in [7, 11) is 0. The Kier molecular flexibility index (Phi) is 3.77. The van der Waals surface area contributed by atoms with Gasteiger partial charge in [-0.25, -0.2) is 0 Å². The summed E-state index contributed by atoms with van der Waals surface area (Å²) in [5.74, 6) is -0.0263. The third-order valence-electron chi connectivity index (χ3n) is 5.17. The van der Waals surface area contributed by atoms with Crippen LogP contribution in [-0.4, -0.2) is 47.3 Å². The lowest BCUT2D eigenvalue weighted by Crippen LogP contribution is -2.40. The van der Waals surface area contributed by atoms with Crippen LogP contribution in [0.2, 0.25) is 5.02 Å². The second-order valence-corrected chi connectivity index (χ2v) is 7.15. The van der Waals surface area contributed by atoms with Gasteiger partial charge in [-0.1, -0.05) is 24.4 Å². The number of aromatic amines is 1. The average Bonchev–Trinajstić information content (AvgIpc) is 3.13. The molecule has 122 valence electrons. The van der Waals surface area contributed by atoms with Crippen LogP contribution in [0.4, 0.5) is 0 Å². The highest BCUT2D eigenvalue weighted by Crippen LogP contribution is 2.40. The summed E-state index contributed by atoms with van der Waals surface area (Å²) < 4.78 is 5.80. The van der Waals surface area contributed by atoms with E-state index in [9.17, 15) is 4.79 Å². The first kappa shape index (κ1) is 15.0. The zero-order valence-electron chi connectivity index (χ0n) is 13.0. The van der Waals surface area contributed by atoms with Gasteiger partial charge in [-0.3, -0.25) is 9.89 Å². The highest BCUT2D eigenvalue weighted by atomic mass is 35.5.